The molecule has 0 aliphatic rings. The number of pyridine rings is 2. The average Bonchev–Trinajstić information content (AvgIpc) is 3.43. The summed E-state index contributed by atoms with van der Waals surface area (Å²) in [5, 5.41) is 3.61. The van der Waals surface area contributed by atoms with E-state index in [0.29, 0.717) is 0 Å². The SMILES string of the molecule is CC(C)(C)Cc1ccnc(-c2[c-]cc3oc4c(-c5ccccc5)cccc4c3c2)c1.C[Si](C)(C)c1ccc(-c2[c-]cccc2)nc1.[Ir]. The molecule has 0 amide bonds. The number of benzene rings is 4. The summed E-state index contributed by atoms with van der Waals surface area (Å²) in [6.07, 6.45) is 4.93. The Morgan fingerprint density at radius 1 is 0.723 bits per heavy atom. The van der Waals surface area contributed by atoms with Gasteiger partial charge in [0.05, 0.1) is 13.7 Å². The van der Waals surface area contributed by atoms with Crippen LogP contribution in [0.15, 0.2) is 126 Å². The van der Waals surface area contributed by atoms with Crippen molar-refractivity contribution in [3.05, 3.63) is 139 Å². The van der Waals surface area contributed by atoms with Gasteiger partial charge in [-0.05, 0) is 40.0 Å². The van der Waals surface area contributed by atoms with Crippen LogP contribution in [0.1, 0.15) is 26.3 Å². The molecule has 0 fully saturated rings. The molecule has 1 radical (unpaired) electrons. The number of hydrogen-bond acceptors (Lipinski definition) is 3. The van der Waals surface area contributed by atoms with Gasteiger partial charge in [0, 0.05) is 43.4 Å². The number of aromatic nitrogens is 2. The molecule has 0 N–H and O–H groups in total. The zero-order valence-electron chi connectivity index (χ0n) is 27.9. The van der Waals surface area contributed by atoms with Gasteiger partial charge in [0.25, 0.3) is 0 Å². The van der Waals surface area contributed by atoms with Gasteiger partial charge in [-0.15, -0.1) is 59.7 Å². The molecule has 0 unspecified atom stereocenters. The Balaban J connectivity index is 0.000000217. The molecule has 0 aliphatic carbocycles. The molecule has 3 heterocycles. The van der Waals surface area contributed by atoms with Gasteiger partial charge in [-0.1, -0.05) is 118 Å². The molecule has 3 nitrogen and oxygen atoms in total. The summed E-state index contributed by atoms with van der Waals surface area (Å²) >= 11 is 0. The summed E-state index contributed by atoms with van der Waals surface area (Å²) < 4.78 is 6.27. The van der Waals surface area contributed by atoms with Crippen LogP contribution in [0.2, 0.25) is 19.6 Å². The van der Waals surface area contributed by atoms with E-state index in [1.165, 1.54) is 10.8 Å². The summed E-state index contributed by atoms with van der Waals surface area (Å²) in [7, 11) is -1.23. The van der Waals surface area contributed by atoms with E-state index in [9.17, 15) is 0 Å². The Kier molecular flexibility index (Phi) is 10.4. The number of para-hydroxylation sites is 1. The van der Waals surface area contributed by atoms with Crippen molar-refractivity contribution in [3.8, 4) is 33.6 Å². The van der Waals surface area contributed by atoms with Gasteiger partial charge < -0.3 is 14.4 Å². The normalized spacial score (nSPS) is 11.5. The molecule has 0 bridgehead atoms. The summed E-state index contributed by atoms with van der Waals surface area (Å²) in [6, 6.07) is 43.9. The van der Waals surface area contributed by atoms with Crippen molar-refractivity contribution in [2.75, 3.05) is 0 Å². The Morgan fingerprint density at radius 3 is 2.19 bits per heavy atom. The topological polar surface area (TPSA) is 38.9 Å². The fourth-order valence-corrected chi connectivity index (χ4v) is 6.66. The first-order valence-corrected chi connectivity index (χ1v) is 19.4. The van der Waals surface area contributed by atoms with Gasteiger partial charge in [-0.25, -0.2) is 0 Å². The smallest absolute Gasteiger partial charge is 0.128 e. The van der Waals surface area contributed by atoms with E-state index in [4.69, 9.17) is 4.42 Å². The molecule has 7 rings (SSSR count). The average molecular weight is 809 g/mol. The Hall–Kier alpha value is -4.15. The van der Waals surface area contributed by atoms with Gasteiger partial charge >= 0.3 is 0 Å². The van der Waals surface area contributed by atoms with Crippen molar-refractivity contribution in [2.45, 2.75) is 46.8 Å². The van der Waals surface area contributed by atoms with Gasteiger partial charge in [-0.3, -0.25) is 0 Å². The maximum atomic E-state index is 6.27. The van der Waals surface area contributed by atoms with Crippen LogP contribution < -0.4 is 5.19 Å². The standard InChI is InChI=1S/C28H24NO.C14H16NSi.Ir/c1-28(2,3)18-19-14-15-29-25(16-19)21-12-13-26-24(17-21)23-11-7-10-22(27(23)30-26)20-8-5-4-6-9-20;1-16(2,3)13-9-10-14(15-11-13)12-7-5-4-6-8-12;/h4-11,13-17H,18H2,1-3H3;4-7,9-11H,1-3H3;/q2*-1;. The first kappa shape index (κ1) is 34.2. The first-order chi connectivity index (χ1) is 22.0. The van der Waals surface area contributed by atoms with Crippen molar-refractivity contribution < 1.29 is 24.5 Å². The monoisotopic (exact) mass is 809 g/mol. The molecule has 0 atom stereocenters. The van der Waals surface area contributed by atoms with Gasteiger partial charge in [0.1, 0.15) is 5.58 Å². The van der Waals surface area contributed by atoms with Gasteiger partial charge in [-0.2, -0.15) is 0 Å². The second-order valence-electron chi connectivity index (χ2n) is 14.0. The quantitative estimate of drug-likeness (QED) is 0.128. The molecular formula is C42H40IrN2OSi-2. The summed E-state index contributed by atoms with van der Waals surface area (Å²) in [5.41, 5.74) is 9.57. The molecule has 7 aromatic rings. The molecule has 239 valence electrons. The molecule has 0 aliphatic heterocycles. The number of fused-ring (bicyclic) bond motifs is 3. The largest absolute Gasteiger partial charge is 0.500 e. The van der Waals surface area contributed by atoms with Crippen LogP contribution >= 0.6 is 0 Å². The molecular weight excluding hydrogens is 769 g/mol. The van der Waals surface area contributed by atoms with E-state index in [1.807, 2.05) is 48.8 Å². The molecule has 47 heavy (non-hydrogen) atoms. The Morgan fingerprint density at radius 2 is 1.51 bits per heavy atom. The maximum Gasteiger partial charge on any atom is 0.128 e. The van der Waals surface area contributed by atoms with Crippen molar-refractivity contribution >= 4 is 35.2 Å². The van der Waals surface area contributed by atoms with E-state index in [1.54, 1.807) is 0 Å². The van der Waals surface area contributed by atoms with Crippen LogP contribution in [0.4, 0.5) is 0 Å². The summed E-state index contributed by atoms with van der Waals surface area (Å²) in [5.74, 6) is 0. The predicted molar refractivity (Wildman–Crippen MR) is 196 cm³/mol. The third-order valence-electron chi connectivity index (χ3n) is 7.96. The predicted octanol–water partition coefficient (Wildman–Crippen LogP) is 10.8. The number of furan rings is 1. The van der Waals surface area contributed by atoms with E-state index < -0.39 is 8.07 Å². The first-order valence-electron chi connectivity index (χ1n) is 15.9. The van der Waals surface area contributed by atoms with Crippen LogP contribution in [0.5, 0.6) is 0 Å². The minimum absolute atomic E-state index is 0. The van der Waals surface area contributed by atoms with Crippen molar-refractivity contribution in [1.29, 1.82) is 0 Å². The minimum atomic E-state index is -1.23. The molecule has 0 saturated carbocycles. The molecule has 0 spiro atoms. The van der Waals surface area contributed by atoms with Crippen molar-refractivity contribution in [3.63, 3.8) is 0 Å². The van der Waals surface area contributed by atoms with Crippen molar-refractivity contribution in [2.24, 2.45) is 5.41 Å². The van der Waals surface area contributed by atoms with E-state index >= 15 is 0 Å². The van der Waals surface area contributed by atoms with Gasteiger partial charge in [0.15, 0.2) is 0 Å². The zero-order chi connectivity index (χ0) is 32.3. The number of nitrogens with zero attached hydrogens (tertiary/aromatic N) is 2. The van der Waals surface area contributed by atoms with Crippen LogP contribution in [-0.2, 0) is 26.5 Å². The molecule has 5 heteroatoms. The minimum Gasteiger partial charge on any atom is -0.500 e. The molecule has 4 aromatic carbocycles. The number of hydrogen-bond donors (Lipinski definition) is 0. The fraction of sp³-hybridized carbons (Fsp3) is 0.190. The van der Waals surface area contributed by atoms with Crippen LogP contribution in [-0.4, -0.2) is 18.0 Å². The van der Waals surface area contributed by atoms with E-state index in [-0.39, 0.29) is 25.5 Å². The maximum absolute atomic E-state index is 6.27. The van der Waals surface area contributed by atoms with Crippen LogP contribution in [0, 0.1) is 17.5 Å². The molecule has 0 saturated heterocycles. The Labute approximate surface area is 293 Å². The van der Waals surface area contributed by atoms with Crippen LogP contribution in [0.25, 0.3) is 55.6 Å². The number of rotatable bonds is 5. The third-order valence-corrected chi connectivity index (χ3v) is 9.99. The van der Waals surface area contributed by atoms with E-state index in [0.717, 1.165) is 62.0 Å². The molecule has 3 aromatic heterocycles. The van der Waals surface area contributed by atoms with Crippen LogP contribution in [0.3, 0.4) is 0 Å². The second kappa shape index (κ2) is 14.3. The summed E-state index contributed by atoms with van der Waals surface area (Å²) in [6.45, 7) is 13.8. The second-order valence-corrected chi connectivity index (χ2v) is 19.1. The third kappa shape index (κ3) is 8.23. The van der Waals surface area contributed by atoms with Crippen molar-refractivity contribution in [1.82, 2.24) is 9.97 Å². The zero-order valence-corrected chi connectivity index (χ0v) is 31.3. The summed E-state index contributed by atoms with van der Waals surface area (Å²) in [4.78, 5) is 9.13. The van der Waals surface area contributed by atoms with Gasteiger partial charge in [0.2, 0.25) is 0 Å². The van der Waals surface area contributed by atoms with E-state index in [2.05, 4.69) is 135 Å². The fourth-order valence-electron chi connectivity index (χ4n) is 5.63. The Bertz CT molecular complexity index is 2070.